The van der Waals surface area contributed by atoms with Gasteiger partial charge in [0.05, 0.1) is 10.6 Å². The van der Waals surface area contributed by atoms with Crippen LogP contribution in [0.25, 0.3) is 0 Å². The molecule has 0 aliphatic rings. The molecule has 0 bridgehead atoms. The van der Waals surface area contributed by atoms with Crippen LogP contribution in [0.1, 0.15) is 18.1 Å². The maximum absolute atomic E-state index is 12.5. The minimum atomic E-state index is -3.77. The molecule has 2 aromatic carbocycles. The Morgan fingerprint density at radius 1 is 1.09 bits per heavy atom. The third-order valence-corrected chi connectivity index (χ3v) is 5.11. The minimum Gasteiger partial charge on any atom is -0.326 e. The summed E-state index contributed by atoms with van der Waals surface area (Å²) < 4.78 is 27.5. The van der Waals surface area contributed by atoms with Gasteiger partial charge in [0, 0.05) is 17.6 Å². The van der Waals surface area contributed by atoms with Gasteiger partial charge in [-0.15, -0.1) is 0 Å². The highest BCUT2D eigenvalue weighted by molar-refractivity contribution is 7.92. The van der Waals surface area contributed by atoms with Crippen LogP contribution < -0.4 is 10.0 Å². The van der Waals surface area contributed by atoms with E-state index in [4.69, 9.17) is 11.6 Å². The molecule has 0 aliphatic carbocycles. The number of nitrogens with one attached hydrogen (secondary N) is 2. The van der Waals surface area contributed by atoms with Crippen LogP contribution in [0.2, 0.25) is 5.02 Å². The van der Waals surface area contributed by atoms with Gasteiger partial charge in [0.25, 0.3) is 10.0 Å². The summed E-state index contributed by atoms with van der Waals surface area (Å²) in [7, 11) is -3.77. The second-order valence-corrected chi connectivity index (χ2v) is 7.27. The standard InChI is InChI=1S/C16H17ClN2O3S/c1-10-7-8-13(9-14(10)17)23(21,22)19-16-6-4-5-15(11(16)2)18-12(3)20/h4-9,19H,1-3H3,(H,18,20). The largest absolute Gasteiger partial charge is 0.326 e. The molecule has 7 heteroatoms. The number of sulfonamides is 1. The molecular weight excluding hydrogens is 336 g/mol. The van der Waals surface area contributed by atoms with Crippen LogP contribution in [0.15, 0.2) is 41.3 Å². The van der Waals surface area contributed by atoms with E-state index in [0.717, 1.165) is 5.56 Å². The van der Waals surface area contributed by atoms with Crippen LogP contribution in [0.3, 0.4) is 0 Å². The fourth-order valence-corrected chi connectivity index (χ4v) is 3.41. The van der Waals surface area contributed by atoms with E-state index in [1.807, 2.05) is 0 Å². The molecule has 2 N–H and O–H groups in total. The summed E-state index contributed by atoms with van der Waals surface area (Å²) in [5.41, 5.74) is 2.38. The Bertz CT molecular complexity index is 864. The number of halogens is 1. The molecule has 0 unspecified atom stereocenters. The molecule has 0 aromatic heterocycles. The van der Waals surface area contributed by atoms with Crippen LogP contribution in [0, 0.1) is 13.8 Å². The second-order valence-electron chi connectivity index (χ2n) is 5.18. The van der Waals surface area contributed by atoms with Gasteiger partial charge >= 0.3 is 0 Å². The summed E-state index contributed by atoms with van der Waals surface area (Å²) in [6.45, 7) is 4.92. The molecule has 0 saturated carbocycles. The van der Waals surface area contributed by atoms with Crippen LogP contribution in [-0.4, -0.2) is 14.3 Å². The average molecular weight is 353 g/mol. The van der Waals surface area contributed by atoms with Crippen LogP contribution in [-0.2, 0) is 14.8 Å². The van der Waals surface area contributed by atoms with Gasteiger partial charge in [-0.1, -0.05) is 23.7 Å². The van der Waals surface area contributed by atoms with Crippen molar-refractivity contribution in [2.45, 2.75) is 25.7 Å². The molecule has 2 rings (SSSR count). The topological polar surface area (TPSA) is 75.3 Å². The molecule has 0 aliphatic heterocycles. The van der Waals surface area contributed by atoms with E-state index >= 15 is 0 Å². The first-order valence-corrected chi connectivity index (χ1v) is 8.73. The van der Waals surface area contributed by atoms with Gasteiger partial charge in [0.2, 0.25) is 5.91 Å². The Hall–Kier alpha value is -2.05. The van der Waals surface area contributed by atoms with Crippen molar-refractivity contribution >= 4 is 38.9 Å². The van der Waals surface area contributed by atoms with E-state index in [0.29, 0.717) is 22.0 Å². The van der Waals surface area contributed by atoms with Crippen molar-refractivity contribution in [3.05, 3.63) is 52.5 Å². The number of hydrogen-bond acceptors (Lipinski definition) is 3. The molecular formula is C16H17ClN2O3S. The quantitative estimate of drug-likeness (QED) is 0.880. The number of benzene rings is 2. The smallest absolute Gasteiger partial charge is 0.261 e. The van der Waals surface area contributed by atoms with E-state index in [-0.39, 0.29) is 10.8 Å². The first kappa shape index (κ1) is 17.3. The molecule has 0 spiro atoms. The Kier molecular flexibility index (Phi) is 4.97. The van der Waals surface area contributed by atoms with Gasteiger partial charge in [-0.25, -0.2) is 8.42 Å². The van der Waals surface area contributed by atoms with Crippen LogP contribution in [0.5, 0.6) is 0 Å². The normalized spacial score (nSPS) is 11.1. The van der Waals surface area contributed by atoms with Gasteiger partial charge < -0.3 is 5.32 Å². The third-order valence-electron chi connectivity index (χ3n) is 3.34. The molecule has 5 nitrogen and oxygen atoms in total. The van der Waals surface area contributed by atoms with Gasteiger partial charge in [0.1, 0.15) is 0 Å². The number of amides is 1. The monoisotopic (exact) mass is 352 g/mol. The number of carbonyl (C=O) groups excluding carboxylic acids is 1. The number of rotatable bonds is 4. The van der Waals surface area contributed by atoms with Crippen molar-refractivity contribution in [2.75, 3.05) is 10.0 Å². The lowest BCUT2D eigenvalue weighted by atomic mass is 10.1. The maximum atomic E-state index is 12.5. The molecule has 0 radical (unpaired) electrons. The zero-order valence-electron chi connectivity index (χ0n) is 13.0. The minimum absolute atomic E-state index is 0.0810. The van der Waals surface area contributed by atoms with Crippen molar-refractivity contribution in [3.63, 3.8) is 0 Å². The predicted octanol–water partition coefficient (Wildman–Crippen LogP) is 3.72. The lowest BCUT2D eigenvalue weighted by molar-refractivity contribution is -0.114. The zero-order valence-corrected chi connectivity index (χ0v) is 14.5. The van der Waals surface area contributed by atoms with Crippen molar-refractivity contribution in [1.29, 1.82) is 0 Å². The number of hydrogen-bond donors (Lipinski definition) is 2. The van der Waals surface area contributed by atoms with Crippen molar-refractivity contribution in [3.8, 4) is 0 Å². The highest BCUT2D eigenvalue weighted by Gasteiger charge is 2.17. The Labute approximate surface area is 140 Å². The lowest BCUT2D eigenvalue weighted by Crippen LogP contribution is -2.15. The van der Waals surface area contributed by atoms with Crippen molar-refractivity contribution in [2.24, 2.45) is 0 Å². The van der Waals surface area contributed by atoms with Gasteiger partial charge in [-0.2, -0.15) is 0 Å². The van der Waals surface area contributed by atoms with E-state index in [1.165, 1.54) is 19.1 Å². The molecule has 0 atom stereocenters. The lowest BCUT2D eigenvalue weighted by Gasteiger charge is -2.14. The zero-order chi connectivity index (χ0) is 17.2. The van der Waals surface area contributed by atoms with Crippen LogP contribution >= 0.6 is 11.6 Å². The van der Waals surface area contributed by atoms with Crippen molar-refractivity contribution < 1.29 is 13.2 Å². The van der Waals surface area contributed by atoms with Gasteiger partial charge in [-0.3, -0.25) is 9.52 Å². The summed E-state index contributed by atoms with van der Waals surface area (Å²) in [6.07, 6.45) is 0. The SMILES string of the molecule is CC(=O)Nc1cccc(NS(=O)(=O)c2ccc(C)c(Cl)c2)c1C. The summed E-state index contributed by atoms with van der Waals surface area (Å²) in [4.78, 5) is 11.3. The van der Waals surface area contributed by atoms with E-state index < -0.39 is 10.0 Å². The van der Waals surface area contributed by atoms with Crippen molar-refractivity contribution in [1.82, 2.24) is 0 Å². The molecule has 23 heavy (non-hydrogen) atoms. The summed E-state index contributed by atoms with van der Waals surface area (Å²) >= 11 is 6.00. The summed E-state index contributed by atoms with van der Waals surface area (Å²) in [5, 5.41) is 3.05. The Morgan fingerprint density at radius 3 is 2.35 bits per heavy atom. The van der Waals surface area contributed by atoms with Gasteiger partial charge in [0.15, 0.2) is 0 Å². The molecule has 0 heterocycles. The van der Waals surface area contributed by atoms with E-state index in [1.54, 1.807) is 38.1 Å². The highest BCUT2D eigenvalue weighted by Crippen LogP contribution is 2.27. The first-order chi connectivity index (χ1) is 10.7. The molecule has 0 saturated heterocycles. The first-order valence-electron chi connectivity index (χ1n) is 6.87. The number of carbonyl (C=O) groups is 1. The van der Waals surface area contributed by atoms with E-state index in [9.17, 15) is 13.2 Å². The number of anilines is 2. The van der Waals surface area contributed by atoms with E-state index in [2.05, 4.69) is 10.0 Å². The average Bonchev–Trinajstić information content (AvgIpc) is 2.45. The fourth-order valence-electron chi connectivity index (χ4n) is 2.02. The Balaban J connectivity index is 2.37. The second kappa shape index (κ2) is 6.60. The molecule has 0 fully saturated rings. The van der Waals surface area contributed by atoms with Gasteiger partial charge in [-0.05, 0) is 49.2 Å². The molecule has 122 valence electrons. The molecule has 2 aromatic rings. The third kappa shape index (κ3) is 4.03. The van der Waals surface area contributed by atoms with Crippen LogP contribution in [0.4, 0.5) is 11.4 Å². The highest BCUT2D eigenvalue weighted by atomic mass is 35.5. The predicted molar refractivity (Wildman–Crippen MR) is 92.5 cm³/mol. The fraction of sp³-hybridized carbons (Fsp3) is 0.188. The Morgan fingerprint density at radius 2 is 1.74 bits per heavy atom. The number of aryl methyl sites for hydroxylation is 1. The molecule has 1 amide bonds. The summed E-state index contributed by atoms with van der Waals surface area (Å²) in [6, 6.07) is 9.56. The summed E-state index contributed by atoms with van der Waals surface area (Å²) in [5.74, 6) is -0.224. The maximum Gasteiger partial charge on any atom is 0.261 e.